The Morgan fingerprint density at radius 2 is 1.88 bits per heavy atom. The molecule has 0 saturated carbocycles. The normalized spacial score (nSPS) is 15.9. The number of benzene rings is 2. The molecule has 1 atom stereocenters. The smallest absolute Gasteiger partial charge is 0.248 e. The van der Waals surface area contributed by atoms with E-state index in [4.69, 9.17) is 14.2 Å². The number of methoxy groups -OCH3 is 1. The van der Waals surface area contributed by atoms with Gasteiger partial charge in [0, 0.05) is 10.0 Å². The second-order valence-corrected chi connectivity index (χ2v) is 7.30. The molecule has 3 aromatic rings. The Hall–Kier alpha value is -2.18. The van der Waals surface area contributed by atoms with E-state index in [2.05, 4.69) is 38.1 Å². The summed E-state index contributed by atoms with van der Waals surface area (Å²) in [6.45, 7) is 2.08. The summed E-state index contributed by atoms with van der Waals surface area (Å²) in [5.41, 5.74) is 2.07. The first kappa shape index (κ1) is 17.2. The van der Waals surface area contributed by atoms with Crippen molar-refractivity contribution in [2.45, 2.75) is 18.9 Å². The number of hydrogen-bond acceptors (Lipinski definition) is 5. The van der Waals surface area contributed by atoms with Gasteiger partial charge < -0.3 is 9.26 Å². The fourth-order valence-corrected chi connectivity index (χ4v) is 3.81. The largest absolute Gasteiger partial charge is 0.497 e. The summed E-state index contributed by atoms with van der Waals surface area (Å²) in [4.78, 5) is 7.12. The van der Waals surface area contributed by atoms with Crippen LogP contribution in [0.2, 0.25) is 0 Å². The van der Waals surface area contributed by atoms with Crippen molar-refractivity contribution >= 4 is 15.9 Å². The molecule has 0 amide bonds. The van der Waals surface area contributed by atoms with Crippen molar-refractivity contribution in [1.29, 1.82) is 0 Å². The van der Waals surface area contributed by atoms with Crippen LogP contribution in [0.25, 0.3) is 11.4 Å². The van der Waals surface area contributed by atoms with Crippen LogP contribution in [0.3, 0.4) is 0 Å². The number of ether oxygens (including phenoxy) is 1. The van der Waals surface area contributed by atoms with Gasteiger partial charge in [0.05, 0.1) is 7.11 Å². The maximum Gasteiger partial charge on any atom is 0.248 e. The Balaban J connectivity index is 1.68. The second kappa shape index (κ2) is 7.60. The van der Waals surface area contributed by atoms with Crippen LogP contribution < -0.4 is 4.74 Å². The van der Waals surface area contributed by atoms with E-state index in [-0.39, 0.29) is 6.04 Å². The van der Waals surface area contributed by atoms with Gasteiger partial charge in [0.1, 0.15) is 11.8 Å². The summed E-state index contributed by atoms with van der Waals surface area (Å²) < 4.78 is 12.0. The Labute approximate surface area is 161 Å². The Bertz CT molecular complexity index is 873. The number of halogens is 1. The molecule has 0 unspecified atom stereocenters. The van der Waals surface area contributed by atoms with E-state index in [0.717, 1.165) is 34.4 Å². The molecule has 2 aromatic carbocycles. The summed E-state index contributed by atoms with van der Waals surface area (Å²) in [7, 11) is 1.65. The molecule has 4 rings (SSSR count). The minimum Gasteiger partial charge on any atom is -0.497 e. The molecule has 1 saturated heterocycles. The Kier molecular flexibility index (Phi) is 5.04. The lowest BCUT2D eigenvalue weighted by Crippen LogP contribution is -2.26. The maximum atomic E-state index is 5.70. The Morgan fingerprint density at radius 3 is 2.58 bits per heavy atom. The first-order valence-electron chi connectivity index (χ1n) is 8.72. The number of aromatic nitrogens is 2. The lowest BCUT2D eigenvalue weighted by atomic mass is 10.1. The number of likely N-dealkylation sites (tertiary alicyclic amines) is 1. The standard InChI is InChI=1S/C20H20BrN3O2/c1-25-17-9-7-14(8-10-17)19-22-20(26-23-19)18(24-11-2-3-12-24)15-5-4-6-16(21)13-15/h4-10,13,18H,2-3,11-12H2,1H3/t18-/m0/s1. The van der Waals surface area contributed by atoms with Crippen LogP contribution in [-0.4, -0.2) is 35.2 Å². The minimum absolute atomic E-state index is 0.0190. The molecule has 0 bridgehead atoms. The zero-order valence-electron chi connectivity index (χ0n) is 14.6. The average molecular weight is 414 g/mol. The van der Waals surface area contributed by atoms with Crippen LogP contribution in [0.4, 0.5) is 0 Å². The highest BCUT2D eigenvalue weighted by atomic mass is 79.9. The third kappa shape index (κ3) is 3.52. The number of rotatable bonds is 5. The van der Waals surface area contributed by atoms with Crippen LogP contribution in [-0.2, 0) is 0 Å². The van der Waals surface area contributed by atoms with Gasteiger partial charge in [0.25, 0.3) is 0 Å². The molecule has 0 N–H and O–H groups in total. The molecular formula is C20H20BrN3O2. The van der Waals surface area contributed by atoms with E-state index in [1.807, 2.05) is 36.4 Å². The van der Waals surface area contributed by atoms with Gasteiger partial charge in [-0.25, -0.2) is 0 Å². The van der Waals surface area contributed by atoms with Crippen molar-refractivity contribution in [3.8, 4) is 17.1 Å². The first-order chi connectivity index (χ1) is 12.7. The van der Waals surface area contributed by atoms with Crippen LogP contribution in [0.5, 0.6) is 5.75 Å². The van der Waals surface area contributed by atoms with Crippen LogP contribution in [0.1, 0.15) is 30.3 Å². The van der Waals surface area contributed by atoms with Crippen molar-refractivity contribution in [3.05, 3.63) is 64.5 Å². The zero-order chi connectivity index (χ0) is 17.9. The summed E-state index contributed by atoms with van der Waals surface area (Å²) >= 11 is 3.57. The van der Waals surface area contributed by atoms with Crippen molar-refractivity contribution in [2.24, 2.45) is 0 Å². The van der Waals surface area contributed by atoms with E-state index in [1.165, 1.54) is 12.8 Å². The quantitative estimate of drug-likeness (QED) is 0.606. The SMILES string of the molecule is COc1ccc(-c2noc([C@H](c3cccc(Br)c3)N3CCCC3)n2)cc1. The molecule has 0 radical (unpaired) electrons. The lowest BCUT2D eigenvalue weighted by Gasteiger charge is -2.24. The van der Waals surface area contributed by atoms with Gasteiger partial charge >= 0.3 is 0 Å². The highest BCUT2D eigenvalue weighted by Crippen LogP contribution is 2.33. The van der Waals surface area contributed by atoms with Crippen molar-refractivity contribution in [3.63, 3.8) is 0 Å². The summed E-state index contributed by atoms with van der Waals surface area (Å²) in [5.74, 6) is 2.04. The van der Waals surface area contributed by atoms with Crippen molar-refractivity contribution in [2.75, 3.05) is 20.2 Å². The van der Waals surface area contributed by atoms with Crippen LogP contribution in [0, 0.1) is 0 Å². The molecule has 0 aliphatic carbocycles. The third-order valence-corrected chi connectivity index (χ3v) is 5.19. The topological polar surface area (TPSA) is 51.4 Å². The molecule has 1 aliphatic rings. The van der Waals surface area contributed by atoms with Gasteiger partial charge in [-0.05, 0) is 67.9 Å². The van der Waals surface area contributed by atoms with Gasteiger partial charge in [-0.3, -0.25) is 4.90 Å². The first-order valence-corrected chi connectivity index (χ1v) is 9.51. The van der Waals surface area contributed by atoms with E-state index in [1.54, 1.807) is 7.11 Å². The maximum absolute atomic E-state index is 5.70. The van der Waals surface area contributed by atoms with Gasteiger partial charge in [-0.1, -0.05) is 33.2 Å². The van der Waals surface area contributed by atoms with Gasteiger partial charge in [-0.2, -0.15) is 4.98 Å². The molecule has 1 aromatic heterocycles. The molecule has 1 fully saturated rings. The lowest BCUT2D eigenvalue weighted by molar-refractivity contribution is 0.225. The van der Waals surface area contributed by atoms with Crippen LogP contribution in [0.15, 0.2) is 57.5 Å². The fraction of sp³-hybridized carbons (Fsp3) is 0.300. The average Bonchev–Trinajstić information content (AvgIpc) is 3.35. The van der Waals surface area contributed by atoms with Crippen LogP contribution >= 0.6 is 15.9 Å². The highest BCUT2D eigenvalue weighted by Gasteiger charge is 2.30. The summed E-state index contributed by atoms with van der Waals surface area (Å²) in [6.07, 6.45) is 2.40. The summed E-state index contributed by atoms with van der Waals surface area (Å²) in [6, 6.07) is 16.0. The van der Waals surface area contributed by atoms with Gasteiger partial charge in [0.15, 0.2) is 0 Å². The molecule has 134 valence electrons. The van der Waals surface area contributed by atoms with E-state index in [9.17, 15) is 0 Å². The number of nitrogens with zero attached hydrogens (tertiary/aromatic N) is 3. The molecule has 1 aliphatic heterocycles. The molecule has 6 heteroatoms. The fourth-order valence-electron chi connectivity index (χ4n) is 3.39. The molecular weight excluding hydrogens is 394 g/mol. The summed E-state index contributed by atoms with van der Waals surface area (Å²) in [5, 5.41) is 4.22. The molecule has 26 heavy (non-hydrogen) atoms. The van der Waals surface area contributed by atoms with E-state index < -0.39 is 0 Å². The molecule has 2 heterocycles. The zero-order valence-corrected chi connectivity index (χ0v) is 16.1. The molecule has 5 nitrogen and oxygen atoms in total. The van der Waals surface area contributed by atoms with Gasteiger partial charge in [-0.15, -0.1) is 0 Å². The van der Waals surface area contributed by atoms with Crippen molar-refractivity contribution in [1.82, 2.24) is 15.0 Å². The monoisotopic (exact) mass is 413 g/mol. The Morgan fingerprint density at radius 1 is 1.12 bits per heavy atom. The number of hydrogen-bond donors (Lipinski definition) is 0. The predicted octanol–water partition coefficient (Wildman–Crippen LogP) is 4.69. The van der Waals surface area contributed by atoms with E-state index in [0.29, 0.717) is 11.7 Å². The molecule has 0 spiro atoms. The predicted molar refractivity (Wildman–Crippen MR) is 103 cm³/mol. The second-order valence-electron chi connectivity index (χ2n) is 6.39. The highest BCUT2D eigenvalue weighted by molar-refractivity contribution is 9.10. The minimum atomic E-state index is -0.0190. The van der Waals surface area contributed by atoms with E-state index >= 15 is 0 Å². The van der Waals surface area contributed by atoms with Gasteiger partial charge in [0.2, 0.25) is 11.7 Å². The van der Waals surface area contributed by atoms with Crippen molar-refractivity contribution < 1.29 is 9.26 Å². The third-order valence-electron chi connectivity index (χ3n) is 4.69.